The molecule has 3 amide bonds. The van der Waals surface area contributed by atoms with Crippen molar-refractivity contribution in [3.8, 4) is 0 Å². The van der Waals surface area contributed by atoms with Gasteiger partial charge in [-0.05, 0) is 31.2 Å². The molecule has 0 aromatic heterocycles. The average molecular weight is 619 g/mol. The van der Waals surface area contributed by atoms with E-state index in [0.717, 1.165) is 12.0 Å². The van der Waals surface area contributed by atoms with Gasteiger partial charge in [-0.15, -0.1) is 24.9 Å². The standard InChI is InChI=1S/C30H40BrN3O4S/c1-4-14-32(15-5-2)27(36)23-24-28(37)34(17-10-11-18-35)26(30(24)19-22(31)25(23)39-30)29(38)33(16-6-3)20-21-12-8-7-9-13-21/h4,6-9,12-13,22-26,35H,1,3,5,10-11,14-20H2,2H3/t22?,23-,24+,25-,26?,30?/m1/s1. The van der Waals surface area contributed by atoms with Crippen LogP contribution in [0.4, 0.5) is 0 Å². The summed E-state index contributed by atoms with van der Waals surface area (Å²) in [7, 11) is 0. The molecule has 0 aliphatic carbocycles. The number of hydrogen-bond acceptors (Lipinski definition) is 5. The fraction of sp³-hybridized carbons (Fsp3) is 0.567. The van der Waals surface area contributed by atoms with Crippen LogP contribution in [0.5, 0.6) is 0 Å². The maximum absolute atomic E-state index is 14.5. The summed E-state index contributed by atoms with van der Waals surface area (Å²) in [6.07, 6.45) is 6.06. The van der Waals surface area contributed by atoms with E-state index in [0.29, 0.717) is 52.0 Å². The molecular formula is C30H40BrN3O4S. The van der Waals surface area contributed by atoms with Crippen molar-refractivity contribution in [3.63, 3.8) is 0 Å². The maximum Gasteiger partial charge on any atom is 0.247 e. The van der Waals surface area contributed by atoms with E-state index in [1.807, 2.05) is 42.2 Å². The summed E-state index contributed by atoms with van der Waals surface area (Å²) < 4.78 is -0.686. The molecule has 7 nitrogen and oxygen atoms in total. The second-order valence-electron chi connectivity index (χ2n) is 10.7. The Kier molecular flexibility index (Phi) is 9.99. The number of nitrogens with zero attached hydrogens (tertiary/aromatic N) is 3. The molecular weight excluding hydrogens is 578 g/mol. The third kappa shape index (κ3) is 5.59. The Morgan fingerprint density at radius 1 is 1.15 bits per heavy atom. The predicted octanol–water partition coefficient (Wildman–Crippen LogP) is 3.86. The SMILES string of the molecule is C=CCN(Cc1ccccc1)C(=O)C1N(CCCCO)C(=O)[C@@H]2[C@@H](C(=O)N(CC=C)CCC)[C@@H]3SC12CC3Br. The Labute approximate surface area is 244 Å². The molecule has 1 N–H and O–H groups in total. The molecule has 3 heterocycles. The highest BCUT2D eigenvalue weighted by atomic mass is 79.9. The fourth-order valence-electron chi connectivity index (χ4n) is 6.62. The number of likely N-dealkylation sites (tertiary alicyclic amines) is 1. The molecule has 1 aromatic rings. The maximum atomic E-state index is 14.5. The number of hydrogen-bond donors (Lipinski definition) is 1. The first kappa shape index (κ1) is 29.9. The van der Waals surface area contributed by atoms with Crippen molar-refractivity contribution in [2.75, 3.05) is 32.8 Å². The summed E-state index contributed by atoms with van der Waals surface area (Å²) >= 11 is 5.52. The molecule has 3 unspecified atom stereocenters. The van der Waals surface area contributed by atoms with E-state index in [-0.39, 0.29) is 34.4 Å². The molecule has 6 atom stereocenters. The molecule has 0 radical (unpaired) electrons. The van der Waals surface area contributed by atoms with Crippen molar-refractivity contribution in [2.45, 2.75) is 60.0 Å². The van der Waals surface area contributed by atoms with Gasteiger partial charge in [0.25, 0.3) is 0 Å². The first-order valence-electron chi connectivity index (χ1n) is 13.9. The van der Waals surface area contributed by atoms with Crippen LogP contribution < -0.4 is 0 Å². The van der Waals surface area contributed by atoms with Crippen molar-refractivity contribution < 1.29 is 19.5 Å². The summed E-state index contributed by atoms with van der Waals surface area (Å²) in [4.78, 5) is 48.1. The molecule has 1 spiro atoms. The van der Waals surface area contributed by atoms with Crippen LogP contribution in [0.2, 0.25) is 0 Å². The van der Waals surface area contributed by atoms with E-state index < -0.39 is 22.6 Å². The molecule has 4 rings (SSSR count). The lowest BCUT2D eigenvalue weighted by Crippen LogP contribution is -2.55. The molecule has 212 valence electrons. The van der Waals surface area contributed by atoms with Crippen LogP contribution in [0.25, 0.3) is 0 Å². The van der Waals surface area contributed by atoms with Crippen molar-refractivity contribution in [1.82, 2.24) is 14.7 Å². The van der Waals surface area contributed by atoms with Gasteiger partial charge in [0, 0.05) is 49.4 Å². The topological polar surface area (TPSA) is 81.2 Å². The minimum absolute atomic E-state index is 0.0192. The van der Waals surface area contributed by atoms with Gasteiger partial charge in [0.05, 0.1) is 16.6 Å². The highest BCUT2D eigenvalue weighted by Gasteiger charge is 2.75. The van der Waals surface area contributed by atoms with Crippen LogP contribution in [0.3, 0.4) is 0 Å². The zero-order valence-electron chi connectivity index (χ0n) is 22.7. The smallest absolute Gasteiger partial charge is 0.247 e. The zero-order valence-corrected chi connectivity index (χ0v) is 25.1. The lowest BCUT2D eigenvalue weighted by Gasteiger charge is -2.38. The summed E-state index contributed by atoms with van der Waals surface area (Å²) in [5, 5.41) is 9.35. The van der Waals surface area contributed by atoms with E-state index in [9.17, 15) is 19.5 Å². The number of carbonyl (C=O) groups excluding carboxylic acids is 3. The molecule has 3 aliphatic rings. The lowest BCUT2D eigenvalue weighted by molar-refractivity contribution is -0.144. The minimum Gasteiger partial charge on any atom is -0.396 e. The van der Waals surface area contributed by atoms with Crippen LogP contribution in [0.1, 0.15) is 38.2 Å². The number of aliphatic hydroxyl groups is 1. The van der Waals surface area contributed by atoms with Crippen LogP contribution in [-0.2, 0) is 20.9 Å². The third-order valence-corrected chi connectivity index (χ3v) is 11.4. The Hall–Kier alpha value is -2.10. The molecule has 0 saturated carbocycles. The van der Waals surface area contributed by atoms with Gasteiger partial charge in [0.1, 0.15) is 6.04 Å². The molecule has 39 heavy (non-hydrogen) atoms. The first-order chi connectivity index (χ1) is 18.8. The average Bonchev–Trinajstić information content (AvgIpc) is 3.52. The fourth-order valence-corrected chi connectivity index (χ4v) is 10.2. The number of rotatable bonds is 14. The summed E-state index contributed by atoms with van der Waals surface area (Å²) in [6.45, 7) is 12.0. The lowest BCUT2D eigenvalue weighted by atomic mass is 9.70. The molecule has 1 aromatic carbocycles. The number of benzene rings is 1. The van der Waals surface area contributed by atoms with Crippen molar-refractivity contribution in [3.05, 3.63) is 61.2 Å². The molecule has 3 fully saturated rings. The van der Waals surface area contributed by atoms with Crippen LogP contribution in [-0.4, -0.2) is 91.2 Å². The molecule has 3 saturated heterocycles. The second kappa shape index (κ2) is 13.0. The van der Waals surface area contributed by atoms with E-state index in [4.69, 9.17) is 0 Å². The summed E-state index contributed by atoms with van der Waals surface area (Å²) in [5.74, 6) is -1.27. The number of halogens is 1. The van der Waals surface area contributed by atoms with E-state index in [1.54, 1.807) is 33.7 Å². The van der Waals surface area contributed by atoms with E-state index >= 15 is 0 Å². The van der Waals surface area contributed by atoms with Crippen LogP contribution >= 0.6 is 27.7 Å². The first-order valence-corrected chi connectivity index (χ1v) is 15.7. The third-order valence-electron chi connectivity index (χ3n) is 8.15. The van der Waals surface area contributed by atoms with Gasteiger partial charge in [-0.2, -0.15) is 0 Å². The van der Waals surface area contributed by atoms with Crippen LogP contribution in [0, 0.1) is 11.8 Å². The normalized spacial score (nSPS) is 28.8. The largest absolute Gasteiger partial charge is 0.396 e. The molecule has 2 bridgehead atoms. The van der Waals surface area contributed by atoms with Gasteiger partial charge in [-0.1, -0.05) is 65.3 Å². The Morgan fingerprint density at radius 3 is 2.49 bits per heavy atom. The van der Waals surface area contributed by atoms with Gasteiger partial charge in [-0.3, -0.25) is 14.4 Å². The Balaban J connectivity index is 1.73. The number of thioether (sulfide) groups is 1. The minimum atomic E-state index is -0.686. The number of unbranched alkanes of at least 4 members (excludes halogenated alkanes) is 1. The second-order valence-corrected chi connectivity index (χ2v) is 13.4. The van der Waals surface area contributed by atoms with Gasteiger partial charge in [-0.25, -0.2) is 0 Å². The zero-order chi connectivity index (χ0) is 28.2. The predicted molar refractivity (Wildman–Crippen MR) is 159 cm³/mol. The number of fused-ring (bicyclic) bond motifs is 1. The van der Waals surface area contributed by atoms with Gasteiger partial charge in [0.2, 0.25) is 17.7 Å². The van der Waals surface area contributed by atoms with Crippen molar-refractivity contribution in [1.29, 1.82) is 0 Å². The van der Waals surface area contributed by atoms with Crippen LogP contribution in [0.15, 0.2) is 55.6 Å². The monoisotopic (exact) mass is 617 g/mol. The Bertz CT molecular complexity index is 1070. The van der Waals surface area contributed by atoms with E-state index in [1.165, 1.54) is 0 Å². The molecule has 3 aliphatic heterocycles. The number of alkyl halides is 1. The highest BCUT2D eigenvalue weighted by Crippen LogP contribution is 2.68. The van der Waals surface area contributed by atoms with Gasteiger partial charge >= 0.3 is 0 Å². The quantitative estimate of drug-likeness (QED) is 0.195. The molecule has 9 heteroatoms. The number of amides is 3. The van der Waals surface area contributed by atoms with Crippen molar-refractivity contribution >= 4 is 45.4 Å². The summed E-state index contributed by atoms with van der Waals surface area (Å²) in [5.41, 5.74) is 1.01. The number of aliphatic hydroxyl groups excluding tert-OH is 1. The number of carbonyl (C=O) groups is 3. The van der Waals surface area contributed by atoms with Gasteiger partial charge in [0.15, 0.2) is 0 Å². The van der Waals surface area contributed by atoms with E-state index in [2.05, 4.69) is 29.1 Å². The van der Waals surface area contributed by atoms with Gasteiger partial charge < -0.3 is 19.8 Å². The van der Waals surface area contributed by atoms with Crippen molar-refractivity contribution in [2.24, 2.45) is 11.8 Å². The highest BCUT2D eigenvalue weighted by molar-refractivity contribution is 9.09. The Morgan fingerprint density at radius 2 is 1.85 bits per heavy atom. The summed E-state index contributed by atoms with van der Waals surface area (Å²) in [6, 6.07) is 9.15.